The lowest BCUT2D eigenvalue weighted by Gasteiger charge is -2.28. The van der Waals surface area contributed by atoms with Gasteiger partial charge in [0.05, 0.1) is 6.10 Å². The normalized spacial score (nSPS) is 13.2. The van der Waals surface area contributed by atoms with Crippen molar-refractivity contribution < 1.29 is 49.7 Å². The molecule has 0 fully saturated rings. The maximum atomic E-state index is 13.9. The number of hydrogen-bond donors (Lipinski definition) is 1. The van der Waals surface area contributed by atoms with Gasteiger partial charge in [0.1, 0.15) is 17.2 Å². The summed E-state index contributed by atoms with van der Waals surface area (Å²) in [7, 11) is 0. The van der Waals surface area contributed by atoms with Crippen LogP contribution < -0.4 is 14.4 Å². The zero-order chi connectivity index (χ0) is 28.8. The summed E-state index contributed by atoms with van der Waals surface area (Å²) in [5.74, 6) is -5.30. The summed E-state index contributed by atoms with van der Waals surface area (Å²) in [6.45, 7) is 1.74. The summed E-state index contributed by atoms with van der Waals surface area (Å²) in [5, 5.41) is 10.4. The van der Waals surface area contributed by atoms with E-state index in [0.29, 0.717) is 24.6 Å². The van der Waals surface area contributed by atoms with Crippen molar-refractivity contribution in [2.75, 3.05) is 11.4 Å². The second-order valence-corrected chi connectivity index (χ2v) is 8.72. The third-order valence-corrected chi connectivity index (χ3v) is 5.53. The van der Waals surface area contributed by atoms with E-state index in [2.05, 4.69) is 4.74 Å². The molecule has 39 heavy (non-hydrogen) atoms. The SMILES string of the molecule is CCCC(O)CN(Cc1cccc(C(F)(F)C(F)(F)F)c1)c1cccc(Oc2cccc(OC(F)(F)F)c2)c1. The minimum absolute atomic E-state index is 0.0199. The fourth-order valence-electron chi connectivity index (χ4n) is 3.80. The Hall–Kier alpha value is -3.54. The van der Waals surface area contributed by atoms with E-state index in [-0.39, 0.29) is 30.2 Å². The van der Waals surface area contributed by atoms with Gasteiger partial charge in [0.25, 0.3) is 0 Å². The molecule has 0 saturated carbocycles. The van der Waals surface area contributed by atoms with Crippen molar-refractivity contribution in [2.45, 2.75) is 50.9 Å². The molecule has 1 atom stereocenters. The van der Waals surface area contributed by atoms with Crippen molar-refractivity contribution in [3.05, 3.63) is 83.9 Å². The predicted molar refractivity (Wildman–Crippen MR) is 128 cm³/mol. The van der Waals surface area contributed by atoms with Gasteiger partial charge in [-0.15, -0.1) is 13.2 Å². The maximum Gasteiger partial charge on any atom is 0.573 e. The molecule has 1 N–H and O–H groups in total. The van der Waals surface area contributed by atoms with Gasteiger partial charge in [-0.1, -0.05) is 43.7 Å². The first-order valence-corrected chi connectivity index (χ1v) is 11.8. The molecule has 212 valence electrons. The fraction of sp³-hybridized carbons (Fsp3) is 0.333. The van der Waals surface area contributed by atoms with Gasteiger partial charge in [-0.2, -0.15) is 22.0 Å². The second-order valence-electron chi connectivity index (χ2n) is 8.72. The Morgan fingerprint density at radius 2 is 1.41 bits per heavy atom. The van der Waals surface area contributed by atoms with Crippen molar-refractivity contribution in [3.8, 4) is 17.2 Å². The third kappa shape index (κ3) is 8.47. The standard InChI is InChI=1S/C27H25F8NO3/c1-2-6-21(37)17-36(16-18-7-3-8-19(13-18)25(28,29)26(30,31)32)20-9-4-10-22(14-20)38-23-11-5-12-24(15-23)39-27(33,34)35/h3-5,7-15,21,37H,2,6,16-17H2,1H3. The van der Waals surface area contributed by atoms with Crippen LogP contribution in [-0.2, 0) is 12.5 Å². The number of alkyl halides is 8. The Morgan fingerprint density at radius 1 is 0.795 bits per heavy atom. The first kappa shape index (κ1) is 30.0. The average Bonchev–Trinajstić information content (AvgIpc) is 2.82. The van der Waals surface area contributed by atoms with E-state index < -0.39 is 35.9 Å². The molecule has 4 nitrogen and oxygen atoms in total. The number of ether oxygens (including phenoxy) is 2. The number of rotatable bonds is 11. The minimum atomic E-state index is -5.77. The molecule has 1 unspecified atom stereocenters. The smallest absolute Gasteiger partial charge is 0.457 e. The average molecular weight is 563 g/mol. The minimum Gasteiger partial charge on any atom is -0.457 e. The highest BCUT2D eigenvalue weighted by atomic mass is 19.4. The molecular formula is C27H25F8NO3. The summed E-state index contributed by atoms with van der Waals surface area (Å²) in [6, 6.07) is 15.0. The number of halogens is 8. The number of anilines is 1. The van der Waals surface area contributed by atoms with Crippen molar-refractivity contribution >= 4 is 5.69 Å². The first-order valence-electron chi connectivity index (χ1n) is 11.8. The van der Waals surface area contributed by atoms with Crippen LogP contribution in [0.15, 0.2) is 72.8 Å². The van der Waals surface area contributed by atoms with Crippen LogP contribution in [0, 0.1) is 0 Å². The topological polar surface area (TPSA) is 41.9 Å². The highest BCUT2D eigenvalue weighted by Gasteiger charge is 2.58. The lowest BCUT2D eigenvalue weighted by molar-refractivity contribution is -0.289. The number of hydrogen-bond acceptors (Lipinski definition) is 4. The number of nitrogens with zero attached hydrogens (tertiary/aromatic N) is 1. The van der Waals surface area contributed by atoms with Crippen molar-refractivity contribution in [3.63, 3.8) is 0 Å². The molecule has 0 bridgehead atoms. The number of benzene rings is 3. The molecule has 0 aliphatic heterocycles. The van der Waals surface area contributed by atoms with Gasteiger partial charge < -0.3 is 19.5 Å². The largest absolute Gasteiger partial charge is 0.573 e. The van der Waals surface area contributed by atoms with Crippen LogP contribution in [0.4, 0.5) is 40.8 Å². The molecule has 0 saturated heterocycles. The Bertz CT molecular complexity index is 1230. The maximum absolute atomic E-state index is 13.9. The Balaban J connectivity index is 1.88. The summed E-state index contributed by atoms with van der Waals surface area (Å²) < 4.78 is 114. The van der Waals surface area contributed by atoms with Gasteiger partial charge in [-0.05, 0) is 42.3 Å². The van der Waals surface area contributed by atoms with Gasteiger partial charge in [-0.25, -0.2) is 0 Å². The van der Waals surface area contributed by atoms with E-state index in [0.717, 1.165) is 24.3 Å². The Kier molecular flexibility index (Phi) is 9.31. The van der Waals surface area contributed by atoms with Crippen LogP contribution in [0.3, 0.4) is 0 Å². The molecular weight excluding hydrogens is 538 g/mol. The molecule has 3 aromatic carbocycles. The quantitative estimate of drug-likeness (QED) is 0.239. The molecule has 12 heteroatoms. The van der Waals surface area contributed by atoms with Gasteiger partial charge in [0.2, 0.25) is 0 Å². The highest BCUT2D eigenvalue weighted by Crippen LogP contribution is 2.44. The third-order valence-electron chi connectivity index (χ3n) is 5.53. The van der Waals surface area contributed by atoms with E-state index >= 15 is 0 Å². The zero-order valence-corrected chi connectivity index (χ0v) is 20.6. The van der Waals surface area contributed by atoms with Crippen LogP contribution in [0.5, 0.6) is 17.2 Å². The fourth-order valence-corrected chi connectivity index (χ4v) is 3.80. The Morgan fingerprint density at radius 3 is 2.05 bits per heavy atom. The molecule has 0 heterocycles. The lowest BCUT2D eigenvalue weighted by atomic mass is 10.0. The van der Waals surface area contributed by atoms with Gasteiger partial charge in [-0.3, -0.25) is 0 Å². The summed E-state index contributed by atoms with van der Waals surface area (Å²) in [5.41, 5.74) is -0.638. The molecule has 0 radical (unpaired) electrons. The van der Waals surface area contributed by atoms with Crippen molar-refractivity contribution in [1.82, 2.24) is 0 Å². The van der Waals surface area contributed by atoms with Crippen molar-refractivity contribution in [2.24, 2.45) is 0 Å². The molecule has 0 spiro atoms. The number of aliphatic hydroxyl groups is 1. The zero-order valence-electron chi connectivity index (χ0n) is 20.6. The van der Waals surface area contributed by atoms with Gasteiger partial charge in [0.15, 0.2) is 0 Å². The molecule has 3 rings (SSSR count). The van der Waals surface area contributed by atoms with E-state index in [1.54, 1.807) is 17.0 Å². The monoisotopic (exact) mass is 563 g/mol. The number of aliphatic hydroxyl groups excluding tert-OH is 1. The Labute approximate surface area is 219 Å². The van der Waals surface area contributed by atoms with E-state index in [9.17, 15) is 40.2 Å². The molecule has 0 amide bonds. The van der Waals surface area contributed by atoms with Crippen LogP contribution in [0.25, 0.3) is 0 Å². The van der Waals surface area contributed by atoms with E-state index in [4.69, 9.17) is 4.74 Å². The highest BCUT2D eigenvalue weighted by molar-refractivity contribution is 5.52. The van der Waals surface area contributed by atoms with Crippen LogP contribution in [0.1, 0.15) is 30.9 Å². The second kappa shape index (κ2) is 12.1. The van der Waals surface area contributed by atoms with Crippen molar-refractivity contribution in [1.29, 1.82) is 0 Å². The van der Waals surface area contributed by atoms with E-state index in [1.807, 2.05) is 6.92 Å². The van der Waals surface area contributed by atoms with Crippen LogP contribution in [0.2, 0.25) is 0 Å². The first-order chi connectivity index (χ1) is 18.2. The molecule has 0 aromatic heterocycles. The van der Waals surface area contributed by atoms with E-state index in [1.165, 1.54) is 30.3 Å². The summed E-state index contributed by atoms with van der Waals surface area (Å²) >= 11 is 0. The predicted octanol–water partition coefficient (Wildman–Crippen LogP) is 8.20. The summed E-state index contributed by atoms with van der Waals surface area (Å²) in [4.78, 5) is 1.58. The van der Waals surface area contributed by atoms with Gasteiger partial charge >= 0.3 is 18.5 Å². The molecule has 0 aliphatic rings. The lowest BCUT2D eigenvalue weighted by Crippen LogP contribution is -2.34. The van der Waals surface area contributed by atoms with Crippen LogP contribution >= 0.6 is 0 Å². The molecule has 3 aromatic rings. The van der Waals surface area contributed by atoms with Crippen LogP contribution in [-0.4, -0.2) is 30.3 Å². The van der Waals surface area contributed by atoms with Gasteiger partial charge in [0, 0.05) is 36.5 Å². The summed E-state index contributed by atoms with van der Waals surface area (Å²) in [6.07, 6.45) is -10.4. The molecule has 0 aliphatic carbocycles.